The lowest BCUT2D eigenvalue weighted by atomic mass is 10.0. The molecule has 2 rings (SSSR count). The van der Waals surface area contributed by atoms with E-state index in [1.165, 1.54) is 12.1 Å². The third-order valence-corrected chi connectivity index (χ3v) is 4.39. The van der Waals surface area contributed by atoms with Crippen molar-refractivity contribution in [3.05, 3.63) is 72.1 Å². The molecule has 0 radical (unpaired) electrons. The second-order valence-electron chi connectivity index (χ2n) is 6.32. The number of anilines is 1. The zero-order valence-corrected chi connectivity index (χ0v) is 15.8. The van der Waals surface area contributed by atoms with Crippen LogP contribution in [-0.2, 0) is 24.4 Å². The smallest absolute Gasteiger partial charge is 0.320 e. The van der Waals surface area contributed by atoms with Gasteiger partial charge in [0, 0.05) is 11.6 Å². The summed E-state index contributed by atoms with van der Waals surface area (Å²) in [5.74, 6) is -0.288. The van der Waals surface area contributed by atoms with Crippen molar-refractivity contribution in [2.24, 2.45) is 7.05 Å². The molecule has 2 N–H and O–H groups in total. The number of benzene rings is 1. The topological polar surface area (TPSA) is 45.0 Å². The van der Waals surface area contributed by atoms with Gasteiger partial charge in [-0.3, -0.25) is 4.79 Å². The van der Waals surface area contributed by atoms with E-state index >= 15 is 0 Å². The lowest BCUT2D eigenvalue weighted by Gasteiger charge is -2.16. The number of aromatic nitrogens is 1. The lowest BCUT2D eigenvalue weighted by Crippen LogP contribution is -2.41. The molecule has 1 heterocycles. The van der Waals surface area contributed by atoms with Crippen molar-refractivity contribution < 1.29 is 22.5 Å². The number of likely N-dealkylation sites (N-methyl/N-ethyl adjacent to an activating group) is 1. The van der Waals surface area contributed by atoms with Gasteiger partial charge in [-0.05, 0) is 37.2 Å². The Balaban J connectivity index is 2.15. The molecular formula is C21H23F3N3O+. The van der Waals surface area contributed by atoms with Gasteiger partial charge in [-0.15, -0.1) is 0 Å². The molecule has 4 nitrogen and oxygen atoms in total. The third-order valence-electron chi connectivity index (χ3n) is 4.39. The molecule has 0 aliphatic carbocycles. The van der Waals surface area contributed by atoms with E-state index in [0.29, 0.717) is 11.3 Å². The van der Waals surface area contributed by atoms with Gasteiger partial charge in [-0.25, -0.2) is 0 Å². The van der Waals surface area contributed by atoms with Crippen LogP contribution in [0.1, 0.15) is 22.4 Å². The first-order valence-electron chi connectivity index (χ1n) is 8.62. The highest BCUT2D eigenvalue weighted by Crippen LogP contribution is 2.29. The molecule has 0 fully saturated rings. The van der Waals surface area contributed by atoms with Gasteiger partial charge in [0.1, 0.15) is 12.7 Å². The number of carbonyl (C=O) groups is 1. The Labute approximate surface area is 162 Å². The first-order valence-corrected chi connectivity index (χ1v) is 8.62. The molecule has 28 heavy (non-hydrogen) atoms. The largest absolute Gasteiger partial charge is 0.416 e. The molecule has 1 aromatic carbocycles. The van der Waals surface area contributed by atoms with E-state index in [1.54, 1.807) is 31.5 Å². The molecular weight excluding hydrogens is 367 g/mol. The van der Waals surface area contributed by atoms with E-state index in [2.05, 4.69) is 23.8 Å². The third kappa shape index (κ3) is 5.07. The van der Waals surface area contributed by atoms with E-state index in [0.717, 1.165) is 23.4 Å². The van der Waals surface area contributed by atoms with Gasteiger partial charge in [0.2, 0.25) is 11.6 Å². The Morgan fingerprint density at radius 3 is 2.36 bits per heavy atom. The molecule has 2 aromatic rings. The molecule has 0 saturated carbocycles. The van der Waals surface area contributed by atoms with Crippen LogP contribution < -0.4 is 15.2 Å². The molecule has 0 spiro atoms. The first-order chi connectivity index (χ1) is 13.2. The molecule has 0 bridgehead atoms. The first kappa shape index (κ1) is 21.4. The normalized spacial score (nSPS) is 12.3. The Morgan fingerprint density at radius 1 is 1.21 bits per heavy atom. The number of aryl methyl sites for hydroxylation is 1. The summed E-state index contributed by atoms with van der Waals surface area (Å²) in [7, 11) is 3.46. The van der Waals surface area contributed by atoms with E-state index < -0.39 is 17.8 Å². The van der Waals surface area contributed by atoms with Crippen LogP contribution in [0.4, 0.5) is 18.9 Å². The van der Waals surface area contributed by atoms with Crippen LogP contribution in [0.3, 0.4) is 0 Å². The Hall–Kier alpha value is -2.93. The number of amides is 1. The summed E-state index contributed by atoms with van der Waals surface area (Å²) in [6.45, 7) is 7.53. The highest BCUT2D eigenvalue weighted by Gasteiger charge is 2.30. The highest BCUT2D eigenvalue weighted by atomic mass is 19.4. The molecule has 0 aliphatic heterocycles. The van der Waals surface area contributed by atoms with Crippen molar-refractivity contribution in [2.75, 3.05) is 12.4 Å². The van der Waals surface area contributed by atoms with Crippen LogP contribution in [0, 0.1) is 0 Å². The Bertz CT molecular complexity index is 874. The number of hydrogen-bond donors (Lipinski definition) is 2. The summed E-state index contributed by atoms with van der Waals surface area (Å²) >= 11 is 0. The number of hydrogen-bond acceptors (Lipinski definition) is 2. The standard InChI is InChI=1S/C21H22F3N3O/c1-5-15-12-17(13-27(4)19(15)6-2)26-20(28)18(25-3)11-14-7-9-16(10-8-14)21(22,23)24/h5-10,12-13,18,25H,1-2,11H2,3-4H3/p+1/t18-/m0/s1. The van der Waals surface area contributed by atoms with Crippen molar-refractivity contribution in [1.29, 1.82) is 0 Å². The maximum Gasteiger partial charge on any atom is 0.416 e. The zero-order chi connectivity index (χ0) is 20.9. The van der Waals surface area contributed by atoms with Crippen molar-refractivity contribution in [3.63, 3.8) is 0 Å². The lowest BCUT2D eigenvalue weighted by molar-refractivity contribution is -0.672. The molecule has 1 aromatic heterocycles. The van der Waals surface area contributed by atoms with Gasteiger partial charge in [0.25, 0.3) is 0 Å². The van der Waals surface area contributed by atoms with Crippen LogP contribution in [-0.4, -0.2) is 19.0 Å². The summed E-state index contributed by atoms with van der Waals surface area (Å²) in [5.41, 5.74) is 2.18. The molecule has 1 amide bonds. The molecule has 148 valence electrons. The monoisotopic (exact) mass is 390 g/mol. The minimum atomic E-state index is -4.38. The quantitative estimate of drug-likeness (QED) is 0.710. The minimum absolute atomic E-state index is 0.256. The van der Waals surface area contributed by atoms with Crippen molar-refractivity contribution >= 4 is 23.7 Å². The second kappa shape index (κ2) is 8.84. The number of nitrogens with one attached hydrogen (secondary N) is 2. The molecule has 0 unspecified atom stereocenters. The molecule has 7 heteroatoms. The molecule has 0 aliphatic rings. The number of rotatable bonds is 7. The predicted molar refractivity (Wildman–Crippen MR) is 104 cm³/mol. The van der Waals surface area contributed by atoms with Gasteiger partial charge in [-0.1, -0.05) is 31.4 Å². The molecule has 1 atom stereocenters. The average molecular weight is 390 g/mol. The van der Waals surface area contributed by atoms with Gasteiger partial charge in [-0.2, -0.15) is 17.7 Å². The minimum Gasteiger partial charge on any atom is -0.320 e. The van der Waals surface area contributed by atoms with E-state index in [-0.39, 0.29) is 12.3 Å². The van der Waals surface area contributed by atoms with Crippen molar-refractivity contribution in [3.8, 4) is 0 Å². The average Bonchev–Trinajstić information content (AvgIpc) is 2.65. The van der Waals surface area contributed by atoms with Crippen LogP contribution in [0.2, 0.25) is 0 Å². The summed E-state index contributed by atoms with van der Waals surface area (Å²) in [6, 6.07) is 5.99. The summed E-state index contributed by atoms with van der Waals surface area (Å²) < 4.78 is 39.9. The fraction of sp³-hybridized carbons (Fsp3) is 0.238. The van der Waals surface area contributed by atoms with Gasteiger partial charge in [0.05, 0.1) is 11.6 Å². The maximum atomic E-state index is 12.7. The Morgan fingerprint density at radius 2 is 1.86 bits per heavy atom. The highest BCUT2D eigenvalue weighted by molar-refractivity contribution is 5.95. The summed E-state index contributed by atoms with van der Waals surface area (Å²) in [6.07, 6.45) is 1.00. The van der Waals surface area contributed by atoms with E-state index in [9.17, 15) is 18.0 Å². The van der Waals surface area contributed by atoms with E-state index in [1.807, 2.05) is 11.6 Å². The number of nitrogens with zero attached hydrogens (tertiary/aromatic N) is 1. The van der Waals surface area contributed by atoms with Crippen LogP contribution in [0.25, 0.3) is 12.2 Å². The van der Waals surface area contributed by atoms with Crippen LogP contribution >= 0.6 is 0 Å². The Kier molecular flexibility index (Phi) is 6.75. The predicted octanol–water partition coefficient (Wildman–Crippen LogP) is 3.59. The van der Waals surface area contributed by atoms with Crippen molar-refractivity contribution in [2.45, 2.75) is 18.6 Å². The van der Waals surface area contributed by atoms with Gasteiger partial charge in [0.15, 0.2) is 6.20 Å². The molecule has 0 saturated heterocycles. The SMILES string of the molecule is C=Cc1cc(NC(=O)[C@H](Cc2ccc(C(F)(F)F)cc2)NC)c[n+](C)c1C=C. The van der Waals surface area contributed by atoms with Gasteiger partial charge < -0.3 is 10.6 Å². The summed E-state index contributed by atoms with van der Waals surface area (Å²) in [4.78, 5) is 12.6. The van der Waals surface area contributed by atoms with E-state index in [4.69, 9.17) is 0 Å². The zero-order valence-electron chi connectivity index (χ0n) is 15.8. The maximum absolute atomic E-state index is 12.7. The number of alkyl halides is 3. The number of halogens is 3. The van der Waals surface area contributed by atoms with Crippen molar-refractivity contribution in [1.82, 2.24) is 5.32 Å². The number of carbonyl (C=O) groups excluding carboxylic acids is 1. The number of pyridine rings is 1. The fourth-order valence-corrected chi connectivity index (χ4v) is 2.87. The van der Waals surface area contributed by atoms with Gasteiger partial charge >= 0.3 is 6.18 Å². The second-order valence-corrected chi connectivity index (χ2v) is 6.32. The van der Waals surface area contributed by atoms with Crippen LogP contribution in [0.15, 0.2) is 49.7 Å². The fourth-order valence-electron chi connectivity index (χ4n) is 2.87. The van der Waals surface area contributed by atoms with Crippen LogP contribution in [0.5, 0.6) is 0 Å². The summed E-state index contributed by atoms with van der Waals surface area (Å²) in [5, 5.41) is 5.74.